The molecule has 0 unspecified atom stereocenters. The van der Waals surface area contributed by atoms with Crippen molar-refractivity contribution in [3.8, 4) is 5.69 Å². The average Bonchev–Trinajstić information content (AvgIpc) is 2.85. The summed E-state index contributed by atoms with van der Waals surface area (Å²) in [5, 5.41) is 4.19. The zero-order valence-corrected chi connectivity index (χ0v) is 11.5. The van der Waals surface area contributed by atoms with Crippen LogP contribution in [-0.4, -0.2) is 27.8 Å². The molecule has 0 atom stereocenters. The van der Waals surface area contributed by atoms with Crippen molar-refractivity contribution in [1.82, 2.24) is 9.78 Å². The lowest BCUT2D eigenvalue weighted by Gasteiger charge is -2.18. The molecule has 2 rings (SSSR count). The molecule has 0 N–H and O–H groups in total. The van der Waals surface area contributed by atoms with Gasteiger partial charge in [-0.25, -0.2) is 4.68 Å². The monoisotopic (exact) mass is 258 g/mol. The number of aromatic nitrogens is 2. The highest BCUT2D eigenvalue weighted by atomic mass is 16.5. The lowest BCUT2D eigenvalue weighted by atomic mass is 10.2. The molecular formula is C15H18N2O2. The second-order valence-corrected chi connectivity index (χ2v) is 5.29. The van der Waals surface area contributed by atoms with Crippen molar-refractivity contribution in [3.05, 3.63) is 48.3 Å². The minimum absolute atomic E-state index is 0.0576. The van der Waals surface area contributed by atoms with Gasteiger partial charge in [0.2, 0.25) is 5.78 Å². The van der Waals surface area contributed by atoms with E-state index in [2.05, 4.69) is 5.10 Å². The highest BCUT2D eigenvalue weighted by Gasteiger charge is 2.17. The molecule has 0 saturated carbocycles. The Bertz CT molecular complexity index is 553. The molecule has 2 aromatic rings. The van der Waals surface area contributed by atoms with E-state index in [9.17, 15) is 4.79 Å². The van der Waals surface area contributed by atoms with E-state index in [1.54, 1.807) is 16.9 Å². The topological polar surface area (TPSA) is 44.1 Å². The quantitative estimate of drug-likeness (QED) is 0.792. The third-order valence-corrected chi connectivity index (χ3v) is 2.57. The van der Waals surface area contributed by atoms with Crippen molar-refractivity contribution in [2.24, 2.45) is 0 Å². The summed E-state index contributed by atoms with van der Waals surface area (Å²) >= 11 is 0. The van der Waals surface area contributed by atoms with Crippen molar-refractivity contribution < 1.29 is 9.53 Å². The predicted octanol–water partition coefficient (Wildman–Crippen LogP) is 2.87. The van der Waals surface area contributed by atoms with Crippen molar-refractivity contribution in [3.63, 3.8) is 0 Å². The molecule has 4 nitrogen and oxygen atoms in total. The predicted molar refractivity (Wildman–Crippen MR) is 73.6 cm³/mol. The van der Waals surface area contributed by atoms with Crippen LogP contribution in [0.4, 0.5) is 0 Å². The first kappa shape index (κ1) is 13.5. The first-order chi connectivity index (χ1) is 8.97. The van der Waals surface area contributed by atoms with Gasteiger partial charge in [0, 0.05) is 0 Å². The molecule has 1 aromatic carbocycles. The Morgan fingerprint density at radius 3 is 2.53 bits per heavy atom. The fourth-order valence-electron chi connectivity index (χ4n) is 1.65. The van der Waals surface area contributed by atoms with Gasteiger partial charge in [0.25, 0.3) is 0 Å². The molecule has 0 amide bonds. The van der Waals surface area contributed by atoms with Crippen LogP contribution in [0, 0.1) is 0 Å². The van der Waals surface area contributed by atoms with Gasteiger partial charge in [-0.05, 0) is 39.0 Å². The van der Waals surface area contributed by atoms with Gasteiger partial charge in [0.1, 0.15) is 12.3 Å². The zero-order valence-electron chi connectivity index (χ0n) is 11.5. The van der Waals surface area contributed by atoms with Crippen LogP contribution in [0.25, 0.3) is 5.69 Å². The smallest absolute Gasteiger partial charge is 0.206 e. The van der Waals surface area contributed by atoms with Gasteiger partial charge in [-0.15, -0.1) is 0 Å². The van der Waals surface area contributed by atoms with E-state index < -0.39 is 0 Å². The summed E-state index contributed by atoms with van der Waals surface area (Å²) in [5.41, 5.74) is 1.08. The second kappa shape index (κ2) is 5.36. The lowest BCUT2D eigenvalue weighted by Crippen LogP contribution is -2.24. The van der Waals surface area contributed by atoms with Crippen LogP contribution in [0.3, 0.4) is 0 Å². The Balaban J connectivity index is 2.18. The molecule has 0 radical (unpaired) electrons. The van der Waals surface area contributed by atoms with Crippen molar-refractivity contribution in [1.29, 1.82) is 0 Å². The van der Waals surface area contributed by atoms with Crippen molar-refractivity contribution >= 4 is 5.78 Å². The molecule has 0 fully saturated rings. The summed E-state index contributed by atoms with van der Waals surface area (Å²) < 4.78 is 7.15. The summed E-state index contributed by atoms with van der Waals surface area (Å²) in [5.74, 6) is -0.0729. The summed E-state index contributed by atoms with van der Waals surface area (Å²) in [6.07, 6.45) is 1.62. The number of ketones is 1. The van der Waals surface area contributed by atoms with Gasteiger partial charge in [0.15, 0.2) is 0 Å². The van der Waals surface area contributed by atoms with Crippen LogP contribution in [0.15, 0.2) is 42.6 Å². The summed E-state index contributed by atoms with van der Waals surface area (Å²) in [6, 6.07) is 11.3. The first-order valence-corrected chi connectivity index (χ1v) is 6.24. The van der Waals surface area contributed by atoms with E-state index in [4.69, 9.17) is 4.74 Å². The van der Waals surface area contributed by atoms with Crippen LogP contribution in [0.5, 0.6) is 0 Å². The summed E-state index contributed by atoms with van der Waals surface area (Å²) in [4.78, 5) is 12.2. The van der Waals surface area contributed by atoms with Gasteiger partial charge >= 0.3 is 0 Å². The molecule has 1 aromatic heterocycles. The number of nitrogens with zero attached hydrogens (tertiary/aromatic N) is 2. The average molecular weight is 258 g/mol. The minimum atomic E-state index is -0.326. The van der Waals surface area contributed by atoms with Crippen molar-refractivity contribution in [2.75, 3.05) is 6.61 Å². The Morgan fingerprint density at radius 1 is 1.21 bits per heavy atom. The Kier molecular flexibility index (Phi) is 3.81. The molecule has 0 spiro atoms. The molecule has 1 heterocycles. The number of hydrogen-bond acceptors (Lipinski definition) is 3. The van der Waals surface area contributed by atoms with E-state index in [0.29, 0.717) is 5.69 Å². The van der Waals surface area contributed by atoms with E-state index >= 15 is 0 Å². The molecule has 0 saturated heterocycles. The third-order valence-electron chi connectivity index (χ3n) is 2.57. The second-order valence-electron chi connectivity index (χ2n) is 5.29. The van der Waals surface area contributed by atoms with Crippen LogP contribution in [0.1, 0.15) is 31.3 Å². The van der Waals surface area contributed by atoms with E-state index in [1.807, 2.05) is 51.1 Å². The fourth-order valence-corrected chi connectivity index (χ4v) is 1.65. The SMILES string of the molecule is CC(C)(C)OCC(=O)c1ccnn1-c1ccccc1. The standard InChI is InChI=1S/C15H18N2O2/c1-15(2,3)19-11-14(18)13-9-10-16-17(13)12-7-5-4-6-8-12/h4-10H,11H2,1-3H3. The van der Waals surface area contributed by atoms with Gasteiger partial charge in [-0.1, -0.05) is 18.2 Å². The molecule has 4 heteroatoms. The Morgan fingerprint density at radius 2 is 1.89 bits per heavy atom. The largest absolute Gasteiger partial charge is 0.368 e. The number of hydrogen-bond donors (Lipinski definition) is 0. The number of carbonyl (C=O) groups is 1. The maximum Gasteiger partial charge on any atom is 0.206 e. The Labute approximate surface area is 113 Å². The fraction of sp³-hybridized carbons (Fsp3) is 0.333. The normalized spacial score (nSPS) is 11.5. The lowest BCUT2D eigenvalue weighted by molar-refractivity contribution is 0.00275. The summed E-state index contributed by atoms with van der Waals surface area (Å²) in [7, 11) is 0. The number of benzene rings is 1. The number of carbonyl (C=O) groups excluding carboxylic acids is 1. The van der Waals surface area contributed by atoms with Crippen LogP contribution in [0.2, 0.25) is 0 Å². The molecule has 0 aliphatic carbocycles. The highest BCUT2D eigenvalue weighted by Crippen LogP contribution is 2.12. The maximum atomic E-state index is 12.2. The van der Waals surface area contributed by atoms with Crippen molar-refractivity contribution in [2.45, 2.75) is 26.4 Å². The number of para-hydroxylation sites is 1. The first-order valence-electron chi connectivity index (χ1n) is 6.24. The van der Waals surface area contributed by atoms with Gasteiger partial charge < -0.3 is 4.74 Å². The van der Waals surface area contributed by atoms with Crippen LogP contribution < -0.4 is 0 Å². The van der Waals surface area contributed by atoms with Gasteiger partial charge in [0.05, 0.1) is 17.5 Å². The number of ether oxygens (including phenoxy) is 1. The Hall–Kier alpha value is -1.94. The van der Waals surface area contributed by atoms with E-state index in [-0.39, 0.29) is 18.0 Å². The van der Waals surface area contributed by atoms with Crippen LogP contribution in [-0.2, 0) is 4.74 Å². The molecule has 0 aliphatic rings. The minimum Gasteiger partial charge on any atom is -0.368 e. The molecule has 0 aliphatic heterocycles. The molecule has 0 bridgehead atoms. The van der Waals surface area contributed by atoms with E-state index in [0.717, 1.165) is 5.69 Å². The highest BCUT2D eigenvalue weighted by molar-refractivity contribution is 5.96. The summed E-state index contributed by atoms with van der Waals surface area (Å²) in [6.45, 7) is 5.83. The van der Waals surface area contributed by atoms with Crippen LogP contribution >= 0.6 is 0 Å². The van der Waals surface area contributed by atoms with E-state index in [1.165, 1.54) is 0 Å². The molecule has 100 valence electrons. The third kappa shape index (κ3) is 3.51. The number of Topliss-reactive ketones (excluding diaryl/α,β-unsaturated/α-hetero) is 1. The van der Waals surface area contributed by atoms with Gasteiger partial charge in [-0.3, -0.25) is 4.79 Å². The molecular weight excluding hydrogens is 240 g/mol. The molecule has 19 heavy (non-hydrogen) atoms. The number of rotatable bonds is 4. The zero-order chi connectivity index (χ0) is 13.9. The maximum absolute atomic E-state index is 12.2. The van der Waals surface area contributed by atoms with Gasteiger partial charge in [-0.2, -0.15) is 5.10 Å².